The number of sulfone groups is 1. The van der Waals surface area contributed by atoms with Gasteiger partial charge in [0.2, 0.25) is 0 Å². The van der Waals surface area contributed by atoms with Crippen LogP contribution in [-0.4, -0.2) is 52.8 Å². The molecule has 0 unspecified atom stereocenters. The van der Waals surface area contributed by atoms with Crippen molar-refractivity contribution in [2.75, 3.05) is 29.5 Å². The molecule has 7 nitrogen and oxygen atoms in total. The molecule has 1 aliphatic rings. The summed E-state index contributed by atoms with van der Waals surface area (Å²) < 4.78 is 25.0. The molecule has 1 aliphatic heterocycles. The summed E-state index contributed by atoms with van der Waals surface area (Å²) in [6.07, 6.45) is 3.24. The predicted octanol–water partition coefficient (Wildman–Crippen LogP) is 1.05. The quantitative estimate of drug-likeness (QED) is 0.699. The van der Waals surface area contributed by atoms with Crippen LogP contribution in [0.25, 0.3) is 16.7 Å². The molecule has 0 spiro atoms. The molecule has 0 saturated carbocycles. The minimum absolute atomic E-state index is 0.158. The van der Waals surface area contributed by atoms with E-state index in [9.17, 15) is 8.42 Å². The Labute approximate surface area is 133 Å². The maximum atomic E-state index is 11.6. The van der Waals surface area contributed by atoms with Crippen LogP contribution in [0.1, 0.15) is 0 Å². The molecule has 0 bridgehead atoms. The molecule has 8 heteroatoms. The molecule has 2 aromatic heterocycles. The van der Waals surface area contributed by atoms with Crippen LogP contribution in [0.2, 0.25) is 0 Å². The van der Waals surface area contributed by atoms with Crippen LogP contribution in [0, 0.1) is 0 Å². The summed E-state index contributed by atoms with van der Waals surface area (Å²) in [5.41, 5.74) is 1.64. The Bertz CT molecular complexity index is 938. The fourth-order valence-corrected chi connectivity index (χ4v) is 3.97. The van der Waals surface area contributed by atoms with Crippen molar-refractivity contribution < 1.29 is 8.42 Å². The average molecular weight is 329 g/mol. The summed E-state index contributed by atoms with van der Waals surface area (Å²) in [5.74, 6) is 1.06. The molecular weight excluding hydrogens is 314 g/mol. The minimum Gasteiger partial charge on any atom is -0.354 e. The first kappa shape index (κ1) is 14.1. The van der Waals surface area contributed by atoms with E-state index in [1.165, 1.54) is 6.33 Å². The summed E-state index contributed by atoms with van der Waals surface area (Å²) in [6.45, 7) is 0.899. The molecule has 3 heterocycles. The fraction of sp³-hybridized carbons (Fsp3) is 0.267. The Morgan fingerprint density at radius 1 is 1.00 bits per heavy atom. The molecule has 3 aromatic rings. The van der Waals surface area contributed by atoms with Gasteiger partial charge in [0.1, 0.15) is 12.1 Å². The van der Waals surface area contributed by atoms with Crippen molar-refractivity contribution in [1.82, 2.24) is 19.7 Å². The van der Waals surface area contributed by atoms with Crippen LogP contribution < -0.4 is 4.90 Å². The van der Waals surface area contributed by atoms with Crippen LogP contribution in [0.5, 0.6) is 0 Å². The third-order valence-corrected chi connectivity index (χ3v) is 5.60. The van der Waals surface area contributed by atoms with Gasteiger partial charge in [0.15, 0.2) is 15.5 Å². The van der Waals surface area contributed by atoms with Crippen molar-refractivity contribution in [3.05, 3.63) is 42.9 Å². The first-order chi connectivity index (χ1) is 11.1. The highest BCUT2D eigenvalue weighted by atomic mass is 32.2. The van der Waals surface area contributed by atoms with Gasteiger partial charge in [-0.25, -0.2) is 23.1 Å². The Morgan fingerprint density at radius 2 is 1.74 bits per heavy atom. The molecule has 0 radical (unpaired) electrons. The highest BCUT2D eigenvalue weighted by molar-refractivity contribution is 7.91. The van der Waals surface area contributed by atoms with Crippen LogP contribution in [0.15, 0.2) is 42.9 Å². The van der Waals surface area contributed by atoms with Crippen molar-refractivity contribution in [3.8, 4) is 5.69 Å². The average Bonchev–Trinajstić information content (AvgIpc) is 3.00. The molecule has 4 rings (SSSR count). The van der Waals surface area contributed by atoms with Crippen molar-refractivity contribution in [1.29, 1.82) is 0 Å². The largest absolute Gasteiger partial charge is 0.354 e. The van der Waals surface area contributed by atoms with Gasteiger partial charge in [-0.15, -0.1) is 0 Å². The second kappa shape index (κ2) is 5.31. The first-order valence-corrected chi connectivity index (χ1v) is 9.16. The van der Waals surface area contributed by atoms with Gasteiger partial charge in [0.25, 0.3) is 0 Å². The highest BCUT2D eigenvalue weighted by Crippen LogP contribution is 2.25. The number of benzene rings is 1. The zero-order valence-corrected chi connectivity index (χ0v) is 13.1. The normalized spacial score (nSPS) is 17.5. The number of anilines is 1. The molecule has 118 valence electrons. The smallest absolute Gasteiger partial charge is 0.168 e. The molecule has 0 amide bonds. The lowest BCUT2D eigenvalue weighted by molar-refractivity contribution is 0.586. The monoisotopic (exact) mass is 329 g/mol. The van der Waals surface area contributed by atoms with Gasteiger partial charge in [-0.1, -0.05) is 18.2 Å². The topological polar surface area (TPSA) is 81.0 Å². The maximum absolute atomic E-state index is 11.6. The molecule has 0 aliphatic carbocycles. The minimum atomic E-state index is -2.92. The van der Waals surface area contributed by atoms with Gasteiger partial charge in [-0.3, -0.25) is 0 Å². The van der Waals surface area contributed by atoms with E-state index in [4.69, 9.17) is 0 Å². The summed E-state index contributed by atoms with van der Waals surface area (Å²) >= 11 is 0. The lowest BCUT2D eigenvalue weighted by Gasteiger charge is -2.27. The van der Waals surface area contributed by atoms with Crippen LogP contribution in [0.4, 0.5) is 5.82 Å². The summed E-state index contributed by atoms with van der Waals surface area (Å²) in [6, 6.07) is 9.76. The highest BCUT2D eigenvalue weighted by Gasteiger charge is 2.24. The summed E-state index contributed by atoms with van der Waals surface area (Å²) in [5, 5.41) is 5.25. The van der Waals surface area contributed by atoms with Gasteiger partial charge in [0, 0.05) is 13.1 Å². The molecule has 1 saturated heterocycles. The fourth-order valence-electron chi connectivity index (χ4n) is 2.77. The van der Waals surface area contributed by atoms with E-state index in [0.717, 1.165) is 22.5 Å². The Morgan fingerprint density at radius 3 is 2.48 bits per heavy atom. The van der Waals surface area contributed by atoms with Crippen molar-refractivity contribution >= 4 is 26.7 Å². The van der Waals surface area contributed by atoms with Gasteiger partial charge in [-0.05, 0) is 12.1 Å². The van der Waals surface area contributed by atoms with E-state index >= 15 is 0 Å². The van der Waals surface area contributed by atoms with Crippen molar-refractivity contribution in [2.45, 2.75) is 0 Å². The van der Waals surface area contributed by atoms with Crippen molar-refractivity contribution in [2.24, 2.45) is 0 Å². The van der Waals surface area contributed by atoms with E-state index in [-0.39, 0.29) is 11.5 Å². The Balaban J connectivity index is 1.77. The van der Waals surface area contributed by atoms with Crippen LogP contribution in [-0.2, 0) is 9.84 Å². The molecular formula is C15H15N5O2S. The number of nitrogens with zero attached hydrogens (tertiary/aromatic N) is 5. The SMILES string of the molecule is O=S1(=O)CCN(c2ncnc3c2cnn3-c2ccccc2)CC1. The van der Waals surface area contributed by atoms with E-state index in [2.05, 4.69) is 15.1 Å². The second-order valence-corrected chi connectivity index (χ2v) is 7.77. The van der Waals surface area contributed by atoms with Gasteiger partial charge < -0.3 is 4.90 Å². The Kier molecular flexibility index (Phi) is 3.26. The van der Waals surface area contributed by atoms with Gasteiger partial charge >= 0.3 is 0 Å². The van der Waals surface area contributed by atoms with Gasteiger partial charge in [0.05, 0.1) is 28.8 Å². The zero-order chi connectivity index (χ0) is 15.9. The van der Waals surface area contributed by atoms with Crippen molar-refractivity contribution in [3.63, 3.8) is 0 Å². The molecule has 1 fully saturated rings. The molecule has 1 aromatic carbocycles. The van der Waals surface area contributed by atoms with E-state index in [1.807, 2.05) is 35.2 Å². The summed E-state index contributed by atoms with van der Waals surface area (Å²) in [4.78, 5) is 10.7. The number of hydrogen-bond acceptors (Lipinski definition) is 6. The standard InChI is InChI=1S/C15H15N5O2S/c21-23(22)8-6-19(7-9-23)14-13-10-18-20(15(13)17-11-16-14)12-4-2-1-3-5-12/h1-5,10-11H,6-9H2. The van der Waals surface area contributed by atoms with Crippen LogP contribution >= 0.6 is 0 Å². The second-order valence-electron chi connectivity index (χ2n) is 5.47. The number of hydrogen-bond donors (Lipinski definition) is 0. The predicted molar refractivity (Wildman–Crippen MR) is 87.5 cm³/mol. The van der Waals surface area contributed by atoms with E-state index < -0.39 is 9.84 Å². The third-order valence-electron chi connectivity index (χ3n) is 3.99. The number of para-hydroxylation sites is 1. The maximum Gasteiger partial charge on any atom is 0.168 e. The Hall–Kier alpha value is -2.48. The molecule has 23 heavy (non-hydrogen) atoms. The number of rotatable bonds is 2. The van der Waals surface area contributed by atoms with Gasteiger partial charge in [-0.2, -0.15) is 5.10 Å². The number of fused-ring (bicyclic) bond motifs is 1. The molecule has 0 atom stereocenters. The third kappa shape index (κ3) is 2.55. The lowest BCUT2D eigenvalue weighted by Crippen LogP contribution is -2.40. The molecule has 0 N–H and O–H groups in total. The number of aromatic nitrogens is 4. The van der Waals surface area contributed by atoms with E-state index in [0.29, 0.717) is 13.1 Å². The van der Waals surface area contributed by atoms with E-state index in [1.54, 1.807) is 10.9 Å². The first-order valence-electron chi connectivity index (χ1n) is 7.34. The summed E-state index contributed by atoms with van der Waals surface area (Å²) in [7, 11) is -2.92. The van der Waals surface area contributed by atoms with Crippen LogP contribution in [0.3, 0.4) is 0 Å². The zero-order valence-electron chi connectivity index (χ0n) is 12.3. The lowest BCUT2D eigenvalue weighted by atomic mass is 10.3.